The van der Waals surface area contributed by atoms with Crippen LogP contribution in [-0.2, 0) is 5.88 Å². The Kier molecular flexibility index (Phi) is 3.08. The number of hydrogen-bond acceptors (Lipinski definition) is 1. The van der Waals surface area contributed by atoms with Gasteiger partial charge in [-0.15, -0.1) is 11.6 Å². The highest BCUT2D eigenvalue weighted by Gasteiger charge is 2.20. The van der Waals surface area contributed by atoms with Crippen molar-refractivity contribution in [2.75, 3.05) is 0 Å². The molecule has 1 aromatic heterocycles. The summed E-state index contributed by atoms with van der Waals surface area (Å²) in [4.78, 5) is 3.06. The Bertz CT molecular complexity index is 316. The first-order valence-corrected chi connectivity index (χ1v) is 3.78. The lowest BCUT2D eigenvalue weighted by Gasteiger charge is -2.03. The quantitative estimate of drug-likeness (QED) is 0.544. The first kappa shape index (κ1) is 10.2. The largest absolute Gasteiger partial charge is 0.283 e. The van der Waals surface area contributed by atoms with Crippen LogP contribution >= 0.6 is 11.6 Å². The van der Waals surface area contributed by atoms with Crippen LogP contribution in [0, 0.1) is 11.6 Å². The first-order valence-electron chi connectivity index (χ1n) is 3.24. The predicted octanol–water partition coefficient (Wildman–Crippen LogP) is 3.04. The van der Waals surface area contributed by atoms with Crippen LogP contribution in [0.15, 0.2) is 6.20 Å². The van der Waals surface area contributed by atoms with Crippen molar-refractivity contribution in [2.45, 2.75) is 12.3 Å². The second kappa shape index (κ2) is 3.91. The zero-order chi connectivity index (χ0) is 10.0. The van der Waals surface area contributed by atoms with E-state index < -0.39 is 23.8 Å². The van der Waals surface area contributed by atoms with Gasteiger partial charge in [0, 0.05) is 11.8 Å². The summed E-state index contributed by atoms with van der Waals surface area (Å²) in [7, 11) is 0. The van der Waals surface area contributed by atoms with Gasteiger partial charge in [0.15, 0.2) is 11.6 Å². The average molecular weight is 214 g/mol. The fraction of sp³-hybridized carbons (Fsp3) is 0.286. The lowest BCUT2D eigenvalue weighted by atomic mass is 10.2. The molecule has 0 atom stereocenters. The molecule has 1 rings (SSSR count). The van der Waals surface area contributed by atoms with E-state index in [4.69, 9.17) is 11.6 Å². The smallest absolute Gasteiger partial charge is 0.252 e. The van der Waals surface area contributed by atoms with E-state index in [1.165, 1.54) is 0 Å². The molecule has 0 aliphatic carbocycles. The Morgan fingerprint density at radius 1 is 1.31 bits per heavy atom. The van der Waals surface area contributed by atoms with Crippen molar-refractivity contribution >= 4 is 11.6 Å². The number of halogens is 5. The van der Waals surface area contributed by atoms with Crippen molar-refractivity contribution in [1.29, 1.82) is 0 Å². The van der Waals surface area contributed by atoms with Crippen LogP contribution in [-0.4, -0.2) is 4.98 Å². The molecule has 72 valence electrons. The van der Waals surface area contributed by atoms with Gasteiger partial charge >= 0.3 is 0 Å². The average Bonchev–Trinajstić information content (AvgIpc) is 2.09. The minimum atomic E-state index is -3.13. The van der Waals surface area contributed by atoms with Crippen LogP contribution < -0.4 is 0 Å². The molecule has 0 spiro atoms. The summed E-state index contributed by atoms with van der Waals surface area (Å²) in [5, 5.41) is 0. The molecule has 0 amide bonds. The third-order valence-corrected chi connectivity index (χ3v) is 1.70. The van der Waals surface area contributed by atoms with Gasteiger partial charge in [0.2, 0.25) is 0 Å². The minimum Gasteiger partial charge on any atom is -0.252 e. The molecule has 0 unspecified atom stereocenters. The predicted molar refractivity (Wildman–Crippen MR) is 38.7 cm³/mol. The van der Waals surface area contributed by atoms with Crippen LogP contribution in [0.1, 0.15) is 17.7 Å². The molecule has 0 saturated heterocycles. The zero-order valence-corrected chi connectivity index (χ0v) is 6.95. The molecule has 0 bridgehead atoms. The second-order valence-electron chi connectivity index (χ2n) is 2.23. The summed E-state index contributed by atoms with van der Waals surface area (Å²) in [6.07, 6.45) is -2.33. The summed E-state index contributed by atoms with van der Waals surface area (Å²) in [6.45, 7) is 0. The lowest BCUT2D eigenvalue weighted by Crippen LogP contribution is -2.02. The standard InChI is InChI=1S/C7H4ClF4N/c8-1-3-2-13-6(7(11)12)5(10)4(3)9/h2,7H,1H2. The van der Waals surface area contributed by atoms with Gasteiger partial charge in [-0.2, -0.15) is 0 Å². The normalized spacial score (nSPS) is 10.9. The van der Waals surface area contributed by atoms with Gasteiger partial charge in [-0.05, 0) is 0 Å². The monoisotopic (exact) mass is 213 g/mol. The molecule has 1 nitrogen and oxygen atoms in total. The number of nitrogens with zero attached hydrogens (tertiary/aromatic N) is 1. The molecule has 0 aromatic carbocycles. The zero-order valence-electron chi connectivity index (χ0n) is 6.20. The summed E-state index contributed by atoms with van der Waals surface area (Å²) in [5.74, 6) is -3.30. The summed E-state index contributed by atoms with van der Waals surface area (Å²) in [6, 6.07) is 0. The maximum atomic E-state index is 12.8. The van der Waals surface area contributed by atoms with Crippen molar-refractivity contribution in [3.63, 3.8) is 0 Å². The van der Waals surface area contributed by atoms with E-state index in [1.54, 1.807) is 0 Å². The van der Waals surface area contributed by atoms with Gasteiger partial charge in [0.05, 0.1) is 5.88 Å². The number of alkyl halides is 3. The van der Waals surface area contributed by atoms with Crippen molar-refractivity contribution < 1.29 is 17.6 Å². The van der Waals surface area contributed by atoms with E-state index in [-0.39, 0.29) is 11.4 Å². The van der Waals surface area contributed by atoms with Gasteiger partial charge in [0.1, 0.15) is 5.69 Å². The fourth-order valence-corrected chi connectivity index (χ4v) is 0.946. The molecule has 1 heterocycles. The van der Waals surface area contributed by atoms with Crippen molar-refractivity contribution in [3.8, 4) is 0 Å². The fourth-order valence-electron chi connectivity index (χ4n) is 0.760. The number of pyridine rings is 1. The molecule has 0 N–H and O–H groups in total. The Morgan fingerprint density at radius 3 is 2.38 bits per heavy atom. The molecule has 6 heteroatoms. The van der Waals surface area contributed by atoms with Crippen LogP contribution in [0.4, 0.5) is 17.6 Å². The molecule has 13 heavy (non-hydrogen) atoms. The summed E-state index contributed by atoms with van der Waals surface area (Å²) < 4.78 is 49.4. The minimum absolute atomic E-state index is 0.233. The highest BCUT2D eigenvalue weighted by atomic mass is 35.5. The molecule has 0 fully saturated rings. The van der Waals surface area contributed by atoms with Crippen molar-refractivity contribution in [1.82, 2.24) is 4.98 Å². The maximum Gasteiger partial charge on any atom is 0.283 e. The Hall–Kier alpha value is -0.840. The second-order valence-corrected chi connectivity index (χ2v) is 2.50. The van der Waals surface area contributed by atoms with Crippen LogP contribution in [0.2, 0.25) is 0 Å². The van der Waals surface area contributed by atoms with Crippen LogP contribution in [0.25, 0.3) is 0 Å². The van der Waals surface area contributed by atoms with Crippen LogP contribution in [0.5, 0.6) is 0 Å². The van der Waals surface area contributed by atoms with Crippen molar-refractivity contribution in [3.05, 3.63) is 29.1 Å². The molecule has 0 aliphatic heterocycles. The van der Waals surface area contributed by atoms with E-state index in [1.807, 2.05) is 0 Å². The van der Waals surface area contributed by atoms with Gasteiger partial charge < -0.3 is 0 Å². The van der Waals surface area contributed by atoms with Gasteiger partial charge in [0.25, 0.3) is 6.43 Å². The Balaban J connectivity index is 3.23. The third kappa shape index (κ3) is 1.91. The SMILES string of the molecule is Fc1c(CCl)cnc(C(F)F)c1F. The molecule has 0 aliphatic rings. The molecule has 1 aromatic rings. The molecular formula is C7H4ClF4N. The number of hydrogen-bond donors (Lipinski definition) is 0. The summed E-state index contributed by atoms with van der Waals surface area (Å²) >= 11 is 5.20. The Labute approximate surface area is 76.3 Å². The van der Waals surface area contributed by atoms with Gasteiger partial charge in [-0.25, -0.2) is 17.6 Å². The van der Waals surface area contributed by atoms with Crippen molar-refractivity contribution in [2.24, 2.45) is 0 Å². The highest BCUT2D eigenvalue weighted by molar-refractivity contribution is 6.17. The van der Waals surface area contributed by atoms with Gasteiger partial charge in [-0.3, -0.25) is 4.98 Å². The third-order valence-electron chi connectivity index (χ3n) is 1.41. The van der Waals surface area contributed by atoms with E-state index in [0.29, 0.717) is 0 Å². The van der Waals surface area contributed by atoms with E-state index >= 15 is 0 Å². The summed E-state index contributed by atoms with van der Waals surface area (Å²) in [5.41, 5.74) is -1.42. The topological polar surface area (TPSA) is 12.9 Å². The first-order chi connectivity index (χ1) is 6.07. The Morgan fingerprint density at radius 2 is 1.92 bits per heavy atom. The lowest BCUT2D eigenvalue weighted by molar-refractivity contribution is 0.139. The van der Waals surface area contributed by atoms with E-state index in [0.717, 1.165) is 6.20 Å². The molecule has 0 saturated carbocycles. The van der Waals surface area contributed by atoms with Crippen LogP contribution in [0.3, 0.4) is 0 Å². The van der Waals surface area contributed by atoms with E-state index in [2.05, 4.69) is 4.98 Å². The molecule has 0 radical (unpaired) electrons. The molecular weight excluding hydrogens is 210 g/mol. The maximum absolute atomic E-state index is 12.8. The number of aromatic nitrogens is 1. The van der Waals surface area contributed by atoms with E-state index in [9.17, 15) is 17.6 Å². The van der Waals surface area contributed by atoms with Gasteiger partial charge in [-0.1, -0.05) is 0 Å². The highest BCUT2D eigenvalue weighted by Crippen LogP contribution is 2.23. The number of rotatable bonds is 2.